The normalized spacial score (nSPS) is 11.2. The zero-order chi connectivity index (χ0) is 45.2. The zero-order valence-corrected chi connectivity index (χ0v) is 37.5. The molecule has 0 bridgehead atoms. The smallest absolute Gasteiger partial charge is 0.0541 e. The van der Waals surface area contributed by atoms with Gasteiger partial charge in [-0.15, -0.1) is 0 Å². The van der Waals surface area contributed by atoms with E-state index in [1.165, 1.54) is 55.2 Å². The lowest BCUT2D eigenvalue weighted by Crippen LogP contribution is -2.12. The molecule has 0 aliphatic carbocycles. The van der Waals surface area contributed by atoms with Crippen molar-refractivity contribution in [2.75, 3.05) is 4.90 Å². The highest BCUT2D eigenvalue weighted by atomic mass is 15.1. The second kappa shape index (κ2) is 17.8. The van der Waals surface area contributed by atoms with Crippen LogP contribution in [0.4, 0.5) is 17.1 Å². The van der Waals surface area contributed by atoms with Crippen molar-refractivity contribution in [3.05, 3.63) is 279 Å². The predicted octanol–water partition coefficient (Wildman–Crippen LogP) is 18.3. The standard InChI is InChI=1S/C66H46N2/c1-4-21-47(22-5-1)52-43-53(48-23-6-2-7-24-48)46-56(45-52)67(64-36-17-14-33-61(64)60-32-13-12-31-59(60)58-30-11-10-29-57(58)50-25-8-3-9-26-50)54-41-39-49(40-42-54)51-27-20-28-55(44-51)68-65-37-18-15-34-62(65)63-35-16-19-38-66(63)68/h1-46H. The molecule has 12 aromatic rings. The molecular formula is C66H46N2. The van der Waals surface area contributed by atoms with E-state index in [-0.39, 0.29) is 0 Å². The summed E-state index contributed by atoms with van der Waals surface area (Å²) in [5.74, 6) is 0. The lowest BCUT2D eigenvalue weighted by molar-refractivity contribution is 1.18. The Balaban J connectivity index is 1.04. The number of para-hydroxylation sites is 3. The Hall–Kier alpha value is -8.98. The molecule has 12 rings (SSSR count). The van der Waals surface area contributed by atoms with Gasteiger partial charge in [0.15, 0.2) is 0 Å². The van der Waals surface area contributed by atoms with Gasteiger partial charge in [0.1, 0.15) is 0 Å². The van der Waals surface area contributed by atoms with Gasteiger partial charge in [-0.25, -0.2) is 0 Å². The highest BCUT2D eigenvalue weighted by Gasteiger charge is 2.22. The van der Waals surface area contributed by atoms with Crippen LogP contribution in [-0.2, 0) is 0 Å². The molecule has 0 saturated carbocycles. The summed E-state index contributed by atoms with van der Waals surface area (Å²) >= 11 is 0. The Kier molecular flexibility index (Phi) is 10.6. The van der Waals surface area contributed by atoms with Crippen LogP contribution in [0.2, 0.25) is 0 Å². The van der Waals surface area contributed by atoms with Crippen molar-refractivity contribution in [3.63, 3.8) is 0 Å². The molecule has 1 aromatic heterocycles. The highest BCUT2D eigenvalue weighted by Crippen LogP contribution is 2.47. The number of fused-ring (bicyclic) bond motifs is 3. The van der Waals surface area contributed by atoms with Crippen LogP contribution < -0.4 is 4.90 Å². The molecule has 0 radical (unpaired) electrons. The zero-order valence-electron chi connectivity index (χ0n) is 37.5. The van der Waals surface area contributed by atoms with Crippen molar-refractivity contribution in [3.8, 4) is 72.4 Å². The van der Waals surface area contributed by atoms with Gasteiger partial charge in [-0.2, -0.15) is 0 Å². The van der Waals surface area contributed by atoms with Crippen LogP contribution in [0, 0.1) is 0 Å². The number of aromatic nitrogens is 1. The summed E-state index contributed by atoms with van der Waals surface area (Å²) in [6, 6.07) is 101. The van der Waals surface area contributed by atoms with Gasteiger partial charge >= 0.3 is 0 Å². The van der Waals surface area contributed by atoms with Gasteiger partial charge in [0, 0.05) is 33.4 Å². The van der Waals surface area contributed by atoms with Gasteiger partial charge in [-0.1, -0.05) is 218 Å². The van der Waals surface area contributed by atoms with E-state index in [2.05, 4.69) is 289 Å². The van der Waals surface area contributed by atoms with E-state index in [1.807, 2.05) is 0 Å². The molecule has 0 aliphatic rings. The van der Waals surface area contributed by atoms with Gasteiger partial charge in [0.2, 0.25) is 0 Å². The summed E-state index contributed by atoms with van der Waals surface area (Å²) in [7, 11) is 0. The van der Waals surface area contributed by atoms with E-state index in [0.717, 1.165) is 56.1 Å². The quantitative estimate of drug-likeness (QED) is 0.133. The average molecular weight is 867 g/mol. The first-order valence-corrected chi connectivity index (χ1v) is 23.3. The van der Waals surface area contributed by atoms with Crippen LogP contribution >= 0.6 is 0 Å². The highest BCUT2D eigenvalue weighted by molar-refractivity contribution is 6.09. The maximum absolute atomic E-state index is 2.45. The molecule has 11 aromatic carbocycles. The van der Waals surface area contributed by atoms with Crippen molar-refractivity contribution in [2.24, 2.45) is 0 Å². The molecule has 0 atom stereocenters. The molecule has 2 nitrogen and oxygen atoms in total. The lowest BCUT2D eigenvalue weighted by Gasteiger charge is -2.30. The number of rotatable bonds is 10. The molecule has 0 amide bonds. The van der Waals surface area contributed by atoms with E-state index < -0.39 is 0 Å². The maximum Gasteiger partial charge on any atom is 0.0541 e. The third-order valence-corrected chi connectivity index (χ3v) is 13.2. The van der Waals surface area contributed by atoms with Crippen LogP contribution in [0.25, 0.3) is 94.3 Å². The average Bonchev–Trinajstić information content (AvgIpc) is 3.76. The van der Waals surface area contributed by atoms with Crippen LogP contribution in [0.15, 0.2) is 279 Å². The third-order valence-electron chi connectivity index (χ3n) is 13.2. The number of hydrogen-bond acceptors (Lipinski definition) is 1. The summed E-state index contributed by atoms with van der Waals surface area (Å²) < 4.78 is 2.39. The summed E-state index contributed by atoms with van der Waals surface area (Å²) in [6.07, 6.45) is 0. The molecule has 0 spiro atoms. The molecule has 0 saturated heterocycles. The summed E-state index contributed by atoms with van der Waals surface area (Å²) in [5, 5.41) is 2.51. The molecule has 2 heteroatoms. The van der Waals surface area contributed by atoms with Crippen molar-refractivity contribution in [1.82, 2.24) is 4.57 Å². The van der Waals surface area contributed by atoms with Crippen LogP contribution in [0.5, 0.6) is 0 Å². The number of anilines is 3. The fourth-order valence-electron chi connectivity index (χ4n) is 10.0. The summed E-state index contributed by atoms with van der Waals surface area (Å²) in [6.45, 7) is 0. The summed E-state index contributed by atoms with van der Waals surface area (Å²) in [4.78, 5) is 2.45. The largest absolute Gasteiger partial charge is 0.310 e. The maximum atomic E-state index is 2.45. The Morgan fingerprint density at radius 2 is 0.662 bits per heavy atom. The SMILES string of the molecule is c1ccc(-c2cc(-c3ccccc3)cc(N(c3ccc(-c4cccc(-n5c6ccccc6c6ccccc65)c4)cc3)c3ccccc3-c3ccccc3-c3ccccc3-c3ccccc3)c2)cc1. The topological polar surface area (TPSA) is 8.17 Å². The van der Waals surface area contributed by atoms with E-state index in [4.69, 9.17) is 0 Å². The van der Waals surface area contributed by atoms with Gasteiger partial charge in [0.05, 0.1) is 16.7 Å². The molecular weight excluding hydrogens is 821 g/mol. The first-order valence-electron chi connectivity index (χ1n) is 23.3. The van der Waals surface area contributed by atoms with E-state index in [9.17, 15) is 0 Å². The minimum atomic E-state index is 1.06. The fourth-order valence-corrected chi connectivity index (χ4v) is 10.0. The predicted molar refractivity (Wildman–Crippen MR) is 288 cm³/mol. The monoisotopic (exact) mass is 866 g/mol. The van der Waals surface area contributed by atoms with Gasteiger partial charge in [-0.05, 0) is 122 Å². The second-order valence-corrected chi connectivity index (χ2v) is 17.3. The second-order valence-electron chi connectivity index (χ2n) is 17.3. The van der Waals surface area contributed by atoms with E-state index in [1.54, 1.807) is 0 Å². The van der Waals surface area contributed by atoms with Crippen molar-refractivity contribution in [1.29, 1.82) is 0 Å². The molecule has 0 N–H and O–H groups in total. The first kappa shape index (κ1) is 40.5. The minimum Gasteiger partial charge on any atom is -0.310 e. The Bertz CT molecular complexity index is 3610. The number of nitrogens with zero attached hydrogens (tertiary/aromatic N) is 2. The van der Waals surface area contributed by atoms with Gasteiger partial charge < -0.3 is 9.47 Å². The van der Waals surface area contributed by atoms with Crippen LogP contribution in [0.1, 0.15) is 0 Å². The molecule has 0 fully saturated rings. The van der Waals surface area contributed by atoms with Gasteiger partial charge in [-0.3, -0.25) is 0 Å². The molecule has 0 aliphatic heterocycles. The Morgan fingerprint density at radius 3 is 1.25 bits per heavy atom. The van der Waals surface area contributed by atoms with Gasteiger partial charge in [0.25, 0.3) is 0 Å². The van der Waals surface area contributed by atoms with Crippen molar-refractivity contribution < 1.29 is 0 Å². The molecule has 0 unspecified atom stereocenters. The van der Waals surface area contributed by atoms with E-state index in [0.29, 0.717) is 0 Å². The van der Waals surface area contributed by atoms with Crippen LogP contribution in [0.3, 0.4) is 0 Å². The van der Waals surface area contributed by atoms with Crippen LogP contribution in [-0.4, -0.2) is 4.57 Å². The Morgan fingerprint density at radius 1 is 0.235 bits per heavy atom. The van der Waals surface area contributed by atoms with Crippen molar-refractivity contribution >= 4 is 38.9 Å². The van der Waals surface area contributed by atoms with Crippen molar-refractivity contribution in [2.45, 2.75) is 0 Å². The molecule has 68 heavy (non-hydrogen) atoms. The lowest BCUT2D eigenvalue weighted by atomic mass is 9.88. The minimum absolute atomic E-state index is 1.06. The third kappa shape index (κ3) is 7.54. The van der Waals surface area contributed by atoms with E-state index >= 15 is 0 Å². The number of hydrogen-bond donors (Lipinski definition) is 0. The number of benzene rings is 11. The Labute approximate surface area is 397 Å². The summed E-state index contributed by atoms with van der Waals surface area (Å²) in [5.41, 5.74) is 20.8. The first-order chi connectivity index (χ1) is 33.7. The molecule has 320 valence electrons. The fraction of sp³-hybridized carbons (Fsp3) is 0. The molecule has 1 heterocycles.